The zero-order valence-corrected chi connectivity index (χ0v) is 14.2. The van der Waals surface area contributed by atoms with E-state index in [1.54, 1.807) is 43.3 Å². The number of amides is 2. The van der Waals surface area contributed by atoms with Gasteiger partial charge in [0.25, 0.3) is 0 Å². The van der Waals surface area contributed by atoms with E-state index in [0.29, 0.717) is 17.9 Å². The Bertz CT molecular complexity index is 765. The first-order valence-electron chi connectivity index (χ1n) is 8.06. The van der Waals surface area contributed by atoms with Gasteiger partial charge in [0.1, 0.15) is 17.4 Å². The summed E-state index contributed by atoms with van der Waals surface area (Å²) in [6.07, 6.45) is 3.43. The standard InChI is InChI=1S/C18H22N2O4/c1-19(2)18(22)15-5-4-8-20(15)17(21)9-12-11-24-16-10-13(23-3)6-7-14(12)16/h6-7,10-11,15H,4-5,8-9H2,1-3H3. The minimum absolute atomic E-state index is 0.0114. The number of fused-ring (bicyclic) bond motifs is 1. The smallest absolute Gasteiger partial charge is 0.244 e. The van der Waals surface area contributed by atoms with Crippen molar-refractivity contribution in [3.05, 3.63) is 30.0 Å². The van der Waals surface area contributed by atoms with Crippen LogP contribution >= 0.6 is 0 Å². The summed E-state index contributed by atoms with van der Waals surface area (Å²) in [4.78, 5) is 28.2. The number of methoxy groups -OCH3 is 1. The second kappa shape index (κ2) is 6.55. The van der Waals surface area contributed by atoms with Crippen LogP contribution in [0.4, 0.5) is 0 Å². The lowest BCUT2D eigenvalue weighted by Gasteiger charge is -2.26. The third-order valence-electron chi connectivity index (χ3n) is 4.50. The Morgan fingerprint density at radius 1 is 1.38 bits per heavy atom. The maximum atomic E-state index is 12.7. The van der Waals surface area contributed by atoms with E-state index in [-0.39, 0.29) is 24.3 Å². The zero-order chi connectivity index (χ0) is 17.3. The third-order valence-corrected chi connectivity index (χ3v) is 4.50. The highest BCUT2D eigenvalue weighted by Crippen LogP contribution is 2.27. The summed E-state index contributed by atoms with van der Waals surface area (Å²) in [6.45, 7) is 0.632. The molecule has 2 aromatic rings. The number of ether oxygens (including phenoxy) is 1. The number of hydrogen-bond donors (Lipinski definition) is 0. The van der Waals surface area contributed by atoms with Crippen LogP contribution in [0.2, 0.25) is 0 Å². The van der Waals surface area contributed by atoms with E-state index in [1.165, 1.54) is 0 Å². The minimum Gasteiger partial charge on any atom is -0.497 e. The Balaban J connectivity index is 1.78. The fourth-order valence-electron chi connectivity index (χ4n) is 3.21. The van der Waals surface area contributed by atoms with Crippen molar-refractivity contribution in [1.82, 2.24) is 9.80 Å². The number of nitrogens with zero attached hydrogens (tertiary/aromatic N) is 2. The van der Waals surface area contributed by atoms with Gasteiger partial charge in [0.2, 0.25) is 11.8 Å². The van der Waals surface area contributed by atoms with E-state index < -0.39 is 0 Å². The van der Waals surface area contributed by atoms with E-state index >= 15 is 0 Å². The molecule has 1 aliphatic rings. The molecule has 2 amide bonds. The minimum atomic E-state index is -0.342. The molecule has 1 fully saturated rings. The topological polar surface area (TPSA) is 63.0 Å². The monoisotopic (exact) mass is 330 g/mol. The summed E-state index contributed by atoms with van der Waals surface area (Å²) >= 11 is 0. The Kier molecular flexibility index (Phi) is 4.46. The third kappa shape index (κ3) is 2.96. The fourth-order valence-corrected chi connectivity index (χ4v) is 3.21. The average Bonchev–Trinajstić information content (AvgIpc) is 3.20. The fraction of sp³-hybridized carbons (Fsp3) is 0.444. The summed E-state index contributed by atoms with van der Waals surface area (Å²) in [7, 11) is 5.05. The Morgan fingerprint density at radius 2 is 2.17 bits per heavy atom. The molecule has 0 aliphatic carbocycles. The van der Waals surface area contributed by atoms with Gasteiger partial charge in [0.05, 0.1) is 19.8 Å². The summed E-state index contributed by atoms with van der Waals surface area (Å²) in [5.41, 5.74) is 1.53. The van der Waals surface area contributed by atoms with Gasteiger partial charge in [0.15, 0.2) is 0 Å². The second-order valence-electron chi connectivity index (χ2n) is 6.28. The molecule has 0 spiro atoms. The molecule has 1 atom stereocenters. The molecule has 0 bridgehead atoms. The molecule has 0 N–H and O–H groups in total. The van der Waals surface area contributed by atoms with Crippen LogP contribution < -0.4 is 4.74 Å². The predicted molar refractivity (Wildman–Crippen MR) is 89.9 cm³/mol. The number of carbonyl (C=O) groups excluding carboxylic acids is 2. The van der Waals surface area contributed by atoms with Gasteiger partial charge in [-0.15, -0.1) is 0 Å². The van der Waals surface area contributed by atoms with Crippen molar-refractivity contribution in [3.63, 3.8) is 0 Å². The number of likely N-dealkylation sites (N-methyl/N-ethyl adjacent to an activating group) is 1. The lowest BCUT2D eigenvalue weighted by atomic mass is 10.1. The molecule has 1 aromatic heterocycles. The molecular formula is C18H22N2O4. The Morgan fingerprint density at radius 3 is 2.88 bits per heavy atom. The molecule has 1 aliphatic heterocycles. The number of benzene rings is 1. The highest BCUT2D eigenvalue weighted by Gasteiger charge is 2.34. The number of carbonyl (C=O) groups is 2. The van der Waals surface area contributed by atoms with Crippen LogP contribution in [-0.4, -0.2) is 55.4 Å². The first-order valence-corrected chi connectivity index (χ1v) is 8.06. The van der Waals surface area contributed by atoms with Crippen LogP contribution in [0, 0.1) is 0 Å². The first kappa shape index (κ1) is 16.4. The second-order valence-corrected chi connectivity index (χ2v) is 6.28. The van der Waals surface area contributed by atoms with E-state index in [9.17, 15) is 9.59 Å². The van der Waals surface area contributed by atoms with E-state index in [1.807, 2.05) is 12.1 Å². The van der Waals surface area contributed by atoms with Crippen molar-refractivity contribution >= 4 is 22.8 Å². The molecule has 1 unspecified atom stereocenters. The van der Waals surface area contributed by atoms with Gasteiger partial charge >= 0.3 is 0 Å². The summed E-state index contributed by atoms with van der Waals surface area (Å²) in [5, 5.41) is 0.902. The Labute approximate surface area is 141 Å². The van der Waals surface area contributed by atoms with E-state index in [2.05, 4.69) is 0 Å². The summed E-state index contributed by atoms with van der Waals surface area (Å²) in [5.74, 6) is 0.666. The quantitative estimate of drug-likeness (QED) is 0.861. The highest BCUT2D eigenvalue weighted by atomic mass is 16.5. The number of likely N-dealkylation sites (tertiary alicyclic amines) is 1. The molecule has 0 radical (unpaired) electrons. The first-order chi connectivity index (χ1) is 11.5. The van der Waals surface area contributed by atoms with E-state index in [4.69, 9.17) is 9.15 Å². The van der Waals surface area contributed by atoms with Crippen LogP contribution in [0.15, 0.2) is 28.9 Å². The summed E-state index contributed by atoms with van der Waals surface area (Å²) in [6, 6.07) is 5.20. The van der Waals surface area contributed by atoms with Crippen LogP contribution in [0.1, 0.15) is 18.4 Å². The zero-order valence-electron chi connectivity index (χ0n) is 14.2. The van der Waals surface area contributed by atoms with Crippen LogP contribution in [0.3, 0.4) is 0 Å². The number of furan rings is 1. The Hall–Kier alpha value is -2.50. The van der Waals surface area contributed by atoms with E-state index in [0.717, 1.165) is 23.8 Å². The normalized spacial score (nSPS) is 17.3. The van der Waals surface area contributed by atoms with Crippen molar-refractivity contribution in [1.29, 1.82) is 0 Å². The highest BCUT2D eigenvalue weighted by molar-refractivity contribution is 5.91. The van der Waals surface area contributed by atoms with Crippen molar-refractivity contribution in [3.8, 4) is 5.75 Å². The van der Waals surface area contributed by atoms with Crippen LogP contribution in [0.25, 0.3) is 11.0 Å². The molecule has 1 aromatic carbocycles. The molecule has 2 heterocycles. The molecule has 128 valence electrons. The molecule has 3 rings (SSSR count). The number of hydrogen-bond acceptors (Lipinski definition) is 4. The van der Waals surface area contributed by atoms with Crippen molar-refractivity contribution in [2.45, 2.75) is 25.3 Å². The molecule has 1 saturated heterocycles. The molecule has 6 heteroatoms. The van der Waals surface area contributed by atoms with Crippen LogP contribution in [-0.2, 0) is 16.0 Å². The summed E-state index contributed by atoms with van der Waals surface area (Å²) < 4.78 is 10.7. The van der Waals surface area contributed by atoms with Gasteiger partial charge < -0.3 is 19.0 Å². The van der Waals surface area contributed by atoms with Gasteiger partial charge in [0, 0.05) is 37.7 Å². The van der Waals surface area contributed by atoms with Gasteiger partial charge in [-0.05, 0) is 25.0 Å². The van der Waals surface area contributed by atoms with Crippen molar-refractivity contribution in [2.24, 2.45) is 0 Å². The van der Waals surface area contributed by atoms with Crippen LogP contribution in [0.5, 0.6) is 5.75 Å². The molecule has 0 saturated carbocycles. The lowest BCUT2D eigenvalue weighted by molar-refractivity contribution is -0.141. The molecule has 6 nitrogen and oxygen atoms in total. The SMILES string of the molecule is COc1ccc2c(CC(=O)N3CCCC3C(=O)N(C)C)coc2c1. The average molecular weight is 330 g/mol. The van der Waals surface area contributed by atoms with Gasteiger partial charge in [-0.1, -0.05) is 0 Å². The lowest BCUT2D eigenvalue weighted by Crippen LogP contribution is -2.45. The maximum Gasteiger partial charge on any atom is 0.244 e. The van der Waals surface area contributed by atoms with Crippen molar-refractivity contribution < 1.29 is 18.7 Å². The number of rotatable bonds is 4. The van der Waals surface area contributed by atoms with Gasteiger partial charge in [-0.25, -0.2) is 0 Å². The largest absolute Gasteiger partial charge is 0.497 e. The van der Waals surface area contributed by atoms with Crippen molar-refractivity contribution in [2.75, 3.05) is 27.7 Å². The van der Waals surface area contributed by atoms with Gasteiger partial charge in [-0.3, -0.25) is 9.59 Å². The maximum absolute atomic E-state index is 12.7. The predicted octanol–water partition coefficient (Wildman–Crippen LogP) is 2.06. The van der Waals surface area contributed by atoms with Gasteiger partial charge in [-0.2, -0.15) is 0 Å². The molecular weight excluding hydrogens is 308 g/mol. The molecule has 24 heavy (non-hydrogen) atoms.